The van der Waals surface area contributed by atoms with Gasteiger partial charge in [0.1, 0.15) is 17.6 Å². The molecule has 1 aliphatic carbocycles. The van der Waals surface area contributed by atoms with E-state index in [1.165, 1.54) is 6.42 Å². The molecule has 0 radical (unpaired) electrons. The highest BCUT2D eigenvalue weighted by atomic mass is 16.5. The predicted octanol–water partition coefficient (Wildman–Crippen LogP) is 3.28. The fraction of sp³-hybridized carbons (Fsp3) is 0.400. The number of aryl methyl sites for hydroxylation is 1. The van der Waals surface area contributed by atoms with Crippen molar-refractivity contribution in [3.05, 3.63) is 45.3 Å². The van der Waals surface area contributed by atoms with Crippen LogP contribution in [-0.4, -0.2) is 20.2 Å². The van der Waals surface area contributed by atoms with Crippen LogP contribution in [0.15, 0.2) is 27.4 Å². The van der Waals surface area contributed by atoms with E-state index in [1.807, 2.05) is 18.2 Å². The molecule has 0 atom stereocenters. The number of ether oxygens (including phenoxy) is 1. The van der Waals surface area contributed by atoms with E-state index in [4.69, 9.17) is 9.15 Å². The summed E-state index contributed by atoms with van der Waals surface area (Å²) in [7, 11) is 1.65. The minimum absolute atomic E-state index is 0.151. The Kier molecular flexibility index (Phi) is 3.96. The molecule has 2 aliphatic rings. The van der Waals surface area contributed by atoms with E-state index < -0.39 is 5.63 Å². The molecule has 2 heterocycles. The highest BCUT2D eigenvalue weighted by Crippen LogP contribution is 2.40. The van der Waals surface area contributed by atoms with Gasteiger partial charge in [0.15, 0.2) is 5.56 Å². The summed E-state index contributed by atoms with van der Waals surface area (Å²) in [6.45, 7) is 1.78. The van der Waals surface area contributed by atoms with Gasteiger partial charge in [0, 0.05) is 24.2 Å². The number of methoxy groups -OCH3 is 1. The molecule has 4 rings (SSSR count). The Morgan fingerprint density at radius 2 is 2.00 bits per heavy atom. The maximum absolute atomic E-state index is 12.5. The Bertz CT molecular complexity index is 918. The van der Waals surface area contributed by atoms with Gasteiger partial charge in [0.05, 0.1) is 12.8 Å². The van der Waals surface area contributed by atoms with Crippen molar-refractivity contribution in [1.82, 2.24) is 0 Å². The van der Waals surface area contributed by atoms with Crippen LogP contribution in [-0.2, 0) is 12.8 Å². The van der Waals surface area contributed by atoms with Crippen LogP contribution in [0.25, 0.3) is 11.3 Å². The van der Waals surface area contributed by atoms with Crippen molar-refractivity contribution in [2.45, 2.75) is 32.1 Å². The number of nitrogens with zero attached hydrogens (tertiary/aromatic N) is 2. The molecule has 0 unspecified atom stereocenters. The van der Waals surface area contributed by atoms with Crippen molar-refractivity contribution in [2.24, 2.45) is 0 Å². The van der Waals surface area contributed by atoms with Crippen LogP contribution >= 0.6 is 0 Å². The summed E-state index contributed by atoms with van der Waals surface area (Å²) in [5, 5.41) is 9.54. The van der Waals surface area contributed by atoms with Crippen molar-refractivity contribution in [3.63, 3.8) is 0 Å². The summed E-state index contributed by atoms with van der Waals surface area (Å²) in [6, 6.07) is 7.91. The van der Waals surface area contributed by atoms with Crippen molar-refractivity contribution >= 4 is 5.69 Å². The Labute approximate surface area is 146 Å². The van der Waals surface area contributed by atoms with Crippen molar-refractivity contribution < 1.29 is 9.15 Å². The number of nitriles is 1. The second-order valence-electron chi connectivity index (χ2n) is 6.60. The first kappa shape index (κ1) is 15.8. The highest BCUT2D eigenvalue weighted by Gasteiger charge is 2.29. The number of rotatable bonds is 2. The summed E-state index contributed by atoms with van der Waals surface area (Å²) >= 11 is 0. The van der Waals surface area contributed by atoms with Crippen LogP contribution in [0.3, 0.4) is 0 Å². The molecule has 0 saturated carbocycles. The van der Waals surface area contributed by atoms with E-state index in [0.717, 1.165) is 66.9 Å². The highest BCUT2D eigenvalue weighted by molar-refractivity contribution is 5.77. The Morgan fingerprint density at radius 3 is 2.72 bits per heavy atom. The van der Waals surface area contributed by atoms with Crippen LogP contribution in [0.5, 0.6) is 5.75 Å². The molecule has 1 saturated heterocycles. The third-order valence-electron chi connectivity index (χ3n) is 5.18. The molecule has 1 aromatic heterocycles. The Morgan fingerprint density at radius 1 is 1.20 bits per heavy atom. The van der Waals surface area contributed by atoms with Gasteiger partial charge in [-0.1, -0.05) is 0 Å². The van der Waals surface area contributed by atoms with Gasteiger partial charge in [-0.3, -0.25) is 0 Å². The smallest absolute Gasteiger partial charge is 0.356 e. The average molecular weight is 336 g/mol. The fourth-order valence-corrected chi connectivity index (χ4v) is 3.96. The van der Waals surface area contributed by atoms with E-state index in [0.29, 0.717) is 5.76 Å². The topological polar surface area (TPSA) is 66.5 Å². The lowest BCUT2D eigenvalue weighted by Gasteiger charge is -2.32. The van der Waals surface area contributed by atoms with Crippen molar-refractivity contribution in [3.8, 4) is 23.1 Å². The molecule has 5 heteroatoms. The van der Waals surface area contributed by atoms with Gasteiger partial charge in [-0.05, 0) is 55.9 Å². The first-order valence-corrected chi connectivity index (χ1v) is 8.75. The molecule has 5 nitrogen and oxygen atoms in total. The monoisotopic (exact) mass is 336 g/mol. The molecule has 0 N–H and O–H groups in total. The third-order valence-corrected chi connectivity index (χ3v) is 5.18. The van der Waals surface area contributed by atoms with E-state index in [9.17, 15) is 10.1 Å². The lowest BCUT2D eigenvalue weighted by molar-refractivity contribution is 0.414. The minimum Gasteiger partial charge on any atom is -0.497 e. The van der Waals surface area contributed by atoms with Gasteiger partial charge in [-0.2, -0.15) is 5.26 Å². The van der Waals surface area contributed by atoms with Gasteiger partial charge in [-0.25, -0.2) is 4.79 Å². The van der Waals surface area contributed by atoms with Gasteiger partial charge in [-0.15, -0.1) is 0 Å². The largest absolute Gasteiger partial charge is 0.497 e. The van der Waals surface area contributed by atoms with Crippen LogP contribution < -0.4 is 15.3 Å². The predicted molar refractivity (Wildman–Crippen MR) is 95.2 cm³/mol. The quantitative estimate of drug-likeness (QED) is 0.842. The number of anilines is 1. The Balaban J connectivity index is 1.93. The van der Waals surface area contributed by atoms with Gasteiger partial charge in [0.2, 0.25) is 0 Å². The number of piperidine rings is 1. The van der Waals surface area contributed by atoms with Gasteiger partial charge >= 0.3 is 5.63 Å². The maximum atomic E-state index is 12.5. The molecule has 1 fully saturated rings. The van der Waals surface area contributed by atoms with Crippen LogP contribution in [0.2, 0.25) is 0 Å². The van der Waals surface area contributed by atoms with Crippen molar-refractivity contribution in [1.29, 1.82) is 5.26 Å². The normalized spacial score (nSPS) is 15.9. The van der Waals surface area contributed by atoms with E-state index in [1.54, 1.807) is 7.11 Å². The first-order chi connectivity index (χ1) is 12.2. The first-order valence-electron chi connectivity index (χ1n) is 8.75. The molecule has 0 amide bonds. The van der Waals surface area contributed by atoms with E-state index in [2.05, 4.69) is 11.0 Å². The standard InChI is InChI=1S/C20H20N2O3/c1-24-14-6-8-15-13(11-14)5-7-16-18(22-9-3-2-4-10-22)17(12-21)20(23)25-19(15)16/h6,8,11H,2-5,7,9-10H2,1H3. The molecule has 1 aliphatic heterocycles. The molecule has 0 spiro atoms. The summed E-state index contributed by atoms with van der Waals surface area (Å²) in [4.78, 5) is 14.7. The second-order valence-corrected chi connectivity index (χ2v) is 6.60. The van der Waals surface area contributed by atoms with Crippen LogP contribution in [0, 0.1) is 11.3 Å². The second kappa shape index (κ2) is 6.29. The number of benzene rings is 1. The molecular weight excluding hydrogens is 316 g/mol. The van der Waals surface area contributed by atoms with Crippen LogP contribution in [0.1, 0.15) is 36.0 Å². The maximum Gasteiger partial charge on any atom is 0.356 e. The lowest BCUT2D eigenvalue weighted by Crippen LogP contribution is -2.33. The molecule has 1 aromatic carbocycles. The minimum atomic E-state index is -0.537. The summed E-state index contributed by atoms with van der Waals surface area (Å²) in [5.74, 6) is 1.42. The van der Waals surface area contributed by atoms with E-state index in [-0.39, 0.29) is 5.56 Å². The average Bonchev–Trinajstić information content (AvgIpc) is 2.67. The van der Waals surface area contributed by atoms with E-state index >= 15 is 0 Å². The lowest BCUT2D eigenvalue weighted by atomic mass is 9.87. The summed E-state index contributed by atoms with van der Waals surface area (Å²) in [5.41, 5.74) is 3.46. The molecule has 0 bridgehead atoms. The zero-order chi connectivity index (χ0) is 17.4. The SMILES string of the molecule is COc1ccc2c(c1)CCc1c-2oc(=O)c(C#N)c1N1CCCCC1. The number of hydrogen-bond acceptors (Lipinski definition) is 5. The van der Waals surface area contributed by atoms with Gasteiger partial charge < -0.3 is 14.1 Å². The van der Waals surface area contributed by atoms with Gasteiger partial charge in [0.25, 0.3) is 0 Å². The summed E-state index contributed by atoms with van der Waals surface area (Å²) in [6.07, 6.45) is 4.99. The number of fused-ring (bicyclic) bond motifs is 3. The zero-order valence-electron chi connectivity index (χ0n) is 14.3. The Hall–Kier alpha value is -2.74. The summed E-state index contributed by atoms with van der Waals surface area (Å²) < 4.78 is 10.9. The molecule has 25 heavy (non-hydrogen) atoms. The van der Waals surface area contributed by atoms with Crippen LogP contribution in [0.4, 0.5) is 5.69 Å². The number of hydrogen-bond donors (Lipinski definition) is 0. The third kappa shape index (κ3) is 2.58. The zero-order valence-corrected chi connectivity index (χ0v) is 14.3. The molecule has 2 aromatic rings. The fourth-order valence-electron chi connectivity index (χ4n) is 3.96. The van der Waals surface area contributed by atoms with Crippen molar-refractivity contribution in [2.75, 3.05) is 25.1 Å². The molecular formula is C20H20N2O3. The molecule has 128 valence electrons.